The molecule has 2 aromatic rings. The van der Waals surface area contributed by atoms with Crippen molar-refractivity contribution in [3.63, 3.8) is 0 Å². The van der Waals surface area contributed by atoms with Crippen LogP contribution in [0.3, 0.4) is 0 Å². The Labute approximate surface area is 166 Å². The van der Waals surface area contributed by atoms with Gasteiger partial charge in [-0.25, -0.2) is 4.98 Å². The van der Waals surface area contributed by atoms with Gasteiger partial charge in [-0.05, 0) is 12.3 Å². The minimum absolute atomic E-state index is 0.0589. The molecular weight excluding hydrogens is 382 g/mol. The number of nitrogens with one attached hydrogen (secondary N) is 2. The lowest BCUT2D eigenvalue weighted by atomic mass is 10.0. The van der Waals surface area contributed by atoms with Crippen LogP contribution in [0, 0.1) is 5.92 Å². The Kier molecular flexibility index (Phi) is 7.65. The first-order chi connectivity index (χ1) is 13.3. The van der Waals surface area contributed by atoms with Crippen molar-refractivity contribution in [2.24, 2.45) is 5.92 Å². The van der Waals surface area contributed by atoms with Crippen LogP contribution in [-0.2, 0) is 14.4 Å². The van der Waals surface area contributed by atoms with E-state index in [4.69, 9.17) is 0 Å². The van der Waals surface area contributed by atoms with E-state index in [2.05, 4.69) is 15.6 Å². The Hall–Kier alpha value is -2.78. The van der Waals surface area contributed by atoms with E-state index < -0.39 is 36.4 Å². The van der Waals surface area contributed by atoms with Gasteiger partial charge in [-0.2, -0.15) is 0 Å². The van der Waals surface area contributed by atoms with Crippen molar-refractivity contribution in [2.45, 2.75) is 38.8 Å². The normalized spacial score (nSPS) is 13.1. The van der Waals surface area contributed by atoms with Crippen LogP contribution in [0.5, 0.6) is 0 Å². The SMILES string of the molecule is CC(C)CC(NC(CC(=O)Nc1nc(-c2ccccc2)cs1)C(=O)O)C(=O)O. The first-order valence-corrected chi connectivity index (χ1v) is 9.66. The van der Waals surface area contributed by atoms with E-state index in [1.165, 1.54) is 11.3 Å². The van der Waals surface area contributed by atoms with E-state index in [1.807, 2.05) is 44.2 Å². The molecule has 0 radical (unpaired) electrons. The lowest BCUT2D eigenvalue weighted by Crippen LogP contribution is -2.49. The summed E-state index contributed by atoms with van der Waals surface area (Å²) in [6.07, 6.45) is -0.148. The molecule has 4 N–H and O–H groups in total. The molecule has 0 saturated heterocycles. The molecule has 0 aliphatic heterocycles. The fraction of sp³-hybridized carbons (Fsp3) is 0.368. The Balaban J connectivity index is 2.00. The monoisotopic (exact) mass is 405 g/mol. The van der Waals surface area contributed by atoms with Crippen LogP contribution in [-0.4, -0.2) is 45.1 Å². The van der Waals surface area contributed by atoms with E-state index in [0.29, 0.717) is 10.8 Å². The van der Waals surface area contributed by atoms with Gasteiger partial charge < -0.3 is 15.5 Å². The number of aliphatic carboxylic acids is 2. The number of benzene rings is 1. The van der Waals surface area contributed by atoms with Crippen molar-refractivity contribution in [1.29, 1.82) is 0 Å². The zero-order valence-corrected chi connectivity index (χ0v) is 16.4. The van der Waals surface area contributed by atoms with Gasteiger partial charge in [0.1, 0.15) is 12.1 Å². The third-order valence-electron chi connectivity index (χ3n) is 3.92. The number of carbonyl (C=O) groups is 3. The highest BCUT2D eigenvalue weighted by molar-refractivity contribution is 7.14. The highest BCUT2D eigenvalue weighted by atomic mass is 32.1. The van der Waals surface area contributed by atoms with Crippen molar-refractivity contribution in [3.8, 4) is 11.3 Å². The number of aromatic nitrogens is 1. The lowest BCUT2D eigenvalue weighted by Gasteiger charge is -2.21. The number of carboxylic acids is 2. The number of anilines is 1. The van der Waals surface area contributed by atoms with Gasteiger partial charge in [0, 0.05) is 10.9 Å². The van der Waals surface area contributed by atoms with Crippen molar-refractivity contribution in [2.75, 3.05) is 5.32 Å². The Morgan fingerprint density at radius 2 is 1.71 bits per heavy atom. The van der Waals surface area contributed by atoms with Crippen molar-refractivity contribution >= 4 is 34.3 Å². The van der Waals surface area contributed by atoms with E-state index in [1.54, 1.807) is 5.38 Å². The second-order valence-electron chi connectivity index (χ2n) is 6.73. The van der Waals surface area contributed by atoms with Gasteiger partial charge in [-0.15, -0.1) is 11.3 Å². The number of rotatable bonds is 10. The number of thiazole rings is 1. The maximum atomic E-state index is 12.3. The summed E-state index contributed by atoms with van der Waals surface area (Å²) in [7, 11) is 0. The Bertz CT molecular complexity index is 822. The van der Waals surface area contributed by atoms with Crippen LogP contribution in [0.2, 0.25) is 0 Å². The Morgan fingerprint density at radius 3 is 2.29 bits per heavy atom. The van der Waals surface area contributed by atoms with Crippen LogP contribution >= 0.6 is 11.3 Å². The number of hydrogen-bond donors (Lipinski definition) is 4. The molecule has 0 saturated carbocycles. The fourth-order valence-corrected chi connectivity index (χ4v) is 3.34. The van der Waals surface area contributed by atoms with Gasteiger partial charge in [0.15, 0.2) is 5.13 Å². The molecule has 0 bridgehead atoms. The van der Waals surface area contributed by atoms with E-state index in [-0.39, 0.29) is 12.3 Å². The molecule has 9 heteroatoms. The van der Waals surface area contributed by atoms with E-state index >= 15 is 0 Å². The molecular formula is C19H23N3O5S. The molecule has 8 nitrogen and oxygen atoms in total. The average Bonchev–Trinajstić information content (AvgIpc) is 3.09. The first kappa shape index (κ1) is 21.5. The summed E-state index contributed by atoms with van der Waals surface area (Å²) in [6.45, 7) is 3.68. The molecule has 1 aromatic carbocycles. The average molecular weight is 405 g/mol. The number of carbonyl (C=O) groups excluding carboxylic acids is 1. The Morgan fingerprint density at radius 1 is 1.07 bits per heavy atom. The summed E-state index contributed by atoms with van der Waals surface area (Å²) in [6, 6.07) is 7.09. The van der Waals surface area contributed by atoms with Gasteiger partial charge in [-0.1, -0.05) is 44.2 Å². The van der Waals surface area contributed by atoms with Crippen LogP contribution in [0.25, 0.3) is 11.3 Å². The summed E-state index contributed by atoms with van der Waals surface area (Å²) in [5.74, 6) is -2.92. The predicted molar refractivity (Wildman–Crippen MR) is 106 cm³/mol. The summed E-state index contributed by atoms with van der Waals surface area (Å²) in [4.78, 5) is 39.4. The highest BCUT2D eigenvalue weighted by Crippen LogP contribution is 2.24. The molecule has 1 heterocycles. The van der Waals surface area contributed by atoms with Crippen LogP contribution in [0.1, 0.15) is 26.7 Å². The van der Waals surface area contributed by atoms with E-state index in [9.17, 15) is 24.6 Å². The van der Waals surface area contributed by atoms with Crippen LogP contribution in [0.4, 0.5) is 5.13 Å². The molecule has 2 unspecified atom stereocenters. The van der Waals surface area contributed by atoms with E-state index in [0.717, 1.165) is 5.56 Å². The summed E-state index contributed by atoms with van der Waals surface area (Å²) in [5.41, 5.74) is 1.61. The molecule has 2 atom stereocenters. The molecule has 0 fully saturated rings. The number of hydrogen-bond acceptors (Lipinski definition) is 6. The highest BCUT2D eigenvalue weighted by Gasteiger charge is 2.28. The molecule has 150 valence electrons. The van der Waals surface area contributed by atoms with Crippen LogP contribution in [0.15, 0.2) is 35.7 Å². The van der Waals surface area contributed by atoms with Crippen molar-refractivity contribution < 1.29 is 24.6 Å². The fourth-order valence-electron chi connectivity index (χ4n) is 2.60. The molecule has 28 heavy (non-hydrogen) atoms. The third-order valence-corrected chi connectivity index (χ3v) is 4.67. The summed E-state index contributed by atoms with van der Waals surface area (Å²) < 4.78 is 0. The van der Waals surface area contributed by atoms with Crippen molar-refractivity contribution in [1.82, 2.24) is 10.3 Å². The zero-order chi connectivity index (χ0) is 20.7. The topological polar surface area (TPSA) is 129 Å². The van der Waals surface area contributed by atoms with Gasteiger partial charge in [0.05, 0.1) is 12.1 Å². The quantitative estimate of drug-likeness (QED) is 0.478. The maximum absolute atomic E-state index is 12.3. The molecule has 0 aliphatic carbocycles. The van der Waals surface area contributed by atoms with Gasteiger partial charge in [-0.3, -0.25) is 19.7 Å². The van der Waals surface area contributed by atoms with Gasteiger partial charge in [0.25, 0.3) is 0 Å². The summed E-state index contributed by atoms with van der Waals surface area (Å²) >= 11 is 1.23. The largest absolute Gasteiger partial charge is 0.480 e. The maximum Gasteiger partial charge on any atom is 0.321 e. The van der Waals surface area contributed by atoms with Gasteiger partial charge >= 0.3 is 11.9 Å². The second-order valence-corrected chi connectivity index (χ2v) is 7.59. The minimum atomic E-state index is -1.31. The number of nitrogens with zero attached hydrogens (tertiary/aromatic N) is 1. The smallest absolute Gasteiger partial charge is 0.321 e. The summed E-state index contributed by atoms with van der Waals surface area (Å²) in [5, 5.41) is 25.9. The predicted octanol–water partition coefficient (Wildman–Crippen LogP) is 2.68. The molecule has 2 rings (SSSR count). The second kappa shape index (κ2) is 9.95. The zero-order valence-electron chi connectivity index (χ0n) is 15.6. The van der Waals surface area contributed by atoms with Gasteiger partial charge in [0.2, 0.25) is 5.91 Å². The van der Waals surface area contributed by atoms with Crippen LogP contribution < -0.4 is 10.6 Å². The first-order valence-electron chi connectivity index (χ1n) is 8.78. The third kappa shape index (κ3) is 6.43. The standard InChI is InChI=1S/C19H23N3O5S/c1-11(2)8-13(17(24)25)20-14(18(26)27)9-16(23)22-19-21-15(10-28-19)12-6-4-3-5-7-12/h3-7,10-11,13-14,20H,8-9H2,1-2H3,(H,24,25)(H,26,27)(H,21,22,23). The molecule has 1 amide bonds. The van der Waals surface area contributed by atoms with Crippen molar-refractivity contribution in [3.05, 3.63) is 35.7 Å². The molecule has 0 aliphatic rings. The number of carboxylic acid groups (broad SMARTS) is 2. The molecule has 0 spiro atoms. The lowest BCUT2D eigenvalue weighted by molar-refractivity contribution is -0.144. The number of amides is 1. The minimum Gasteiger partial charge on any atom is -0.480 e. The molecule has 1 aromatic heterocycles.